The van der Waals surface area contributed by atoms with Gasteiger partial charge in [0, 0.05) is 11.9 Å². The number of anilines is 1. The lowest BCUT2D eigenvalue weighted by Gasteiger charge is -2.20. The zero-order valence-corrected chi connectivity index (χ0v) is 18.6. The summed E-state index contributed by atoms with van der Waals surface area (Å²) in [7, 11) is 1.64. The van der Waals surface area contributed by atoms with Gasteiger partial charge in [0.25, 0.3) is 0 Å². The molecule has 4 aromatic rings. The van der Waals surface area contributed by atoms with Gasteiger partial charge < -0.3 is 14.6 Å². The van der Waals surface area contributed by atoms with Crippen LogP contribution in [0.4, 0.5) is 10.1 Å². The van der Waals surface area contributed by atoms with E-state index >= 15 is 0 Å². The molecule has 32 heavy (non-hydrogen) atoms. The van der Waals surface area contributed by atoms with Crippen LogP contribution in [0.1, 0.15) is 24.9 Å². The molecule has 2 aromatic heterocycles. The molecule has 0 bridgehead atoms. The number of ether oxygens (including phenoxy) is 1. The van der Waals surface area contributed by atoms with E-state index in [1.807, 2.05) is 41.8 Å². The quantitative estimate of drug-likeness (QED) is 0.361. The Morgan fingerprint density at radius 2 is 1.97 bits per heavy atom. The van der Waals surface area contributed by atoms with Crippen LogP contribution < -0.4 is 10.1 Å². The van der Waals surface area contributed by atoms with Crippen molar-refractivity contribution in [1.29, 1.82) is 0 Å². The van der Waals surface area contributed by atoms with E-state index in [9.17, 15) is 9.18 Å². The van der Waals surface area contributed by atoms with Gasteiger partial charge in [-0.1, -0.05) is 43.0 Å². The van der Waals surface area contributed by atoms with Crippen molar-refractivity contribution in [3.05, 3.63) is 78.4 Å². The lowest BCUT2D eigenvalue weighted by atomic mass is 10.2. The lowest BCUT2D eigenvalue weighted by molar-refractivity contribution is -0.119. The minimum atomic E-state index is -0.567. The van der Waals surface area contributed by atoms with Gasteiger partial charge in [0.15, 0.2) is 5.16 Å². The zero-order valence-electron chi connectivity index (χ0n) is 17.8. The number of methoxy groups -OCH3 is 1. The van der Waals surface area contributed by atoms with Gasteiger partial charge in [-0.2, -0.15) is 0 Å². The van der Waals surface area contributed by atoms with Crippen molar-refractivity contribution < 1.29 is 13.9 Å². The third-order valence-electron chi connectivity index (χ3n) is 5.12. The summed E-state index contributed by atoms with van der Waals surface area (Å²) in [6.07, 6.45) is 3.90. The summed E-state index contributed by atoms with van der Waals surface area (Å²) < 4.78 is 21.2. The van der Waals surface area contributed by atoms with Crippen LogP contribution in [0, 0.1) is 5.82 Å². The van der Waals surface area contributed by atoms with E-state index in [1.54, 1.807) is 37.7 Å². The van der Waals surface area contributed by atoms with E-state index < -0.39 is 11.9 Å². The molecule has 6 nitrogen and oxygen atoms in total. The number of para-hydroxylation sites is 1. The maximum Gasteiger partial charge on any atom is 0.247 e. The van der Waals surface area contributed by atoms with Gasteiger partial charge in [0.1, 0.15) is 17.6 Å². The molecule has 0 saturated heterocycles. The summed E-state index contributed by atoms with van der Waals surface area (Å²) in [6.45, 7) is 1.92. The molecule has 1 amide bonds. The number of carbonyl (C=O) groups excluding carboxylic acids is 1. The number of hydrogen-bond acceptors (Lipinski definition) is 5. The molecule has 8 heteroatoms. The number of nitrogens with zero attached hydrogens (tertiary/aromatic N) is 3. The highest BCUT2D eigenvalue weighted by Gasteiger charge is 2.25. The number of carbonyl (C=O) groups is 1. The number of fused-ring (bicyclic) bond motifs is 1. The molecular weight excluding hydrogens is 427 g/mol. The normalized spacial score (nSPS) is 12.0. The average molecular weight is 451 g/mol. The van der Waals surface area contributed by atoms with Gasteiger partial charge in [-0.25, -0.2) is 9.37 Å². The first kappa shape index (κ1) is 21.8. The van der Waals surface area contributed by atoms with Gasteiger partial charge in [0.05, 0.1) is 30.0 Å². The van der Waals surface area contributed by atoms with Crippen molar-refractivity contribution in [2.24, 2.45) is 0 Å². The third kappa shape index (κ3) is 4.60. The number of halogens is 1. The summed E-state index contributed by atoms with van der Waals surface area (Å²) in [5.41, 5.74) is 2.79. The molecule has 1 N–H and O–H groups in total. The van der Waals surface area contributed by atoms with Crippen molar-refractivity contribution in [2.75, 3.05) is 12.4 Å². The standard InChI is InChI=1S/C24H23FN4O2S/c1-3-21(23(30)27-19-7-5-4-6-18(19)25)29-22-14-26-13-12-20(22)28-24(29)32-15-16-8-10-17(31-2)11-9-16/h4-14,21H,3,15H2,1-2H3,(H,27,30)/t21-/m1/s1. The number of hydrogen-bond donors (Lipinski definition) is 1. The van der Waals surface area contributed by atoms with Crippen molar-refractivity contribution in [2.45, 2.75) is 30.3 Å². The Kier molecular flexibility index (Phi) is 6.70. The number of amides is 1. The van der Waals surface area contributed by atoms with Crippen LogP contribution in [0.2, 0.25) is 0 Å². The van der Waals surface area contributed by atoms with Crippen LogP contribution in [-0.2, 0) is 10.5 Å². The molecule has 0 unspecified atom stereocenters. The predicted molar refractivity (Wildman–Crippen MR) is 124 cm³/mol. The number of pyridine rings is 1. The first-order chi connectivity index (χ1) is 15.6. The van der Waals surface area contributed by atoms with Gasteiger partial charge in [0.2, 0.25) is 5.91 Å². The molecule has 1 atom stereocenters. The molecule has 0 fully saturated rings. The van der Waals surface area contributed by atoms with E-state index in [0.29, 0.717) is 17.3 Å². The van der Waals surface area contributed by atoms with Crippen molar-refractivity contribution >= 4 is 34.4 Å². The summed E-state index contributed by atoms with van der Waals surface area (Å²) in [6, 6.07) is 15.2. The molecule has 0 saturated carbocycles. The van der Waals surface area contributed by atoms with Crippen molar-refractivity contribution in [1.82, 2.24) is 14.5 Å². The molecular formula is C24H23FN4O2S. The molecule has 0 aliphatic carbocycles. The fraction of sp³-hybridized carbons (Fsp3) is 0.208. The smallest absolute Gasteiger partial charge is 0.247 e. The zero-order chi connectivity index (χ0) is 22.5. The number of thioether (sulfide) groups is 1. The second-order valence-corrected chi connectivity index (χ2v) is 8.10. The first-order valence-corrected chi connectivity index (χ1v) is 11.2. The summed E-state index contributed by atoms with van der Waals surface area (Å²) in [4.78, 5) is 22.1. The van der Waals surface area contributed by atoms with Gasteiger partial charge >= 0.3 is 0 Å². The van der Waals surface area contributed by atoms with E-state index in [0.717, 1.165) is 22.3 Å². The maximum atomic E-state index is 14.1. The average Bonchev–Trinajstić information content (AvgIpc) is 3.18. The Morgan fingerprint density at radius 1 is 1.19 bits per heavy atom. The molecule has 2 aromatic carbocycles. The summed E-state index contributed by atoms with van der Waals surface area (Å²) in [5, 5.41) is 3.43. The van der Waals surface area contributed by atoms with E-state index in [-0.39, 0.29) is 11.6 Å². The largest absolute Gasteiger partial charge is 0.497 e. The molecule has 4 rings (SSSR count). The SMILES string of the molecule is CC[C@H](C(=O)Nc1ccccc1F)n1c(SCc2ccc(OC)cc2)nc2ccncc21. The number of imidazole rings is 1. The predicted octanol–water partition coefficient (Wildman–Crippen LogP) is 5.46. The molecule has 164 valence electrons. The van der Waals surface area contributed by atoms with E-state index in [1.165, 1.54) is 17.8 Å². The Hall–Kier alpha value is -3.39. The second kappa shape index (κ2) is 9.82. The number of benzene rings is 2. The third-order valence-corrected chi connectivity index (χ3v) is 6.14. The van der Waals surface area contributed by atoms with Crippen LogP contribution in [-0.4, -0.2) is 27.6 Å². The highest BCUT2D eigenvalue weighted by Crippen LogP contribution is 2.32. The molecule has 0 aliphatic rings. The maximum absolute atomic E-state index is 14.1. The minimum Gasteiger partial charge on any atom is -0.497 e. The molecule has 2 heterocycles. The number of nitrogens with one attached hydrogen (secondary N) is 1. The first-order valence-electron chi connectivity index (χ1n) is 10.2. The van der Waals surface area contributed by atoms with Crippen LogP contribution >= 0.6 is 11.8 Å². The summed E-state index contributed by atoms with van der Waals surface area (Å²) >= 11 is 1.54. The Morgan fingerprint density at radius 3 is 2.69 bits per heavy atom. The van der Waals surface area contributed by atoms with Crippen LogP contribution in [0.5, 0.6) is 5.75 Å². The van der Waals surface area contributed by atoms with Crippen molar-refractivity contribution in [3.8, 4) is 5.75 Å². The van der Waals surface area contributed by atoms with Crippen LogP contribution in [0.3, 0.4) is 0 Å². The number of rotatable bonds is 8. The van der Waals surface area contributed by atoms with Gasteiger partial charge in [-0.15, -0.1) is 0 Å². The Balaban J connectivity index is 1.64. The fourth-order valence-electron chi connectivity index (χ4n) is 3.46. The molecule has 0 radical (unpaired) electrons. The van der Waals surface area contributed by atoms with Gasteiger partial charge in [-0.3, -0.25) is 9.78 Å². The highest BCUT2D eigenvalue weighted by atomic mass is 32.2. The highest BCUT2D eigenvalue weighted by molar-refractivity contribution is 7.98. The topological polar surface area (TPSA) is 69.0 Å². The van der Waals surface area contributed by atoms with Crippen LogP contribution in [0.25, 0.3) is 11.0 Å². The molecule has 0 spiro atoms. The molecule has 0 aliphatic heterocycles. The number of aromatic nitrogens is 3. The van der Waals surface area contributed by atoms with E-state index in [2.05, 4.69) is 10.3 Å². The van der Waals surface area contributed by atoms with Crippen molar-refractivity contribution in [3.63, 3.8) is 0 Å². The second-order valence-electron chi connectivity index (χ2n) is 7.16. The minimum absolute atomic E-state index is 0.158. The lowest BCUT2D eigenvalue weighted by Crippen LogP contribution is -2.26. The Bertz CT molecular complexity index is 1230. The summed E-state index contributed by atoms with van der Waals surface area (Å²) in [5.74, 6) is 0.702. The van der Waals surface area contributed by atoms with Gasteiger partial charge in [-0.05, 0) is 42.3 Å². The van der Waals surface area contributed by atoms with Crippen LogP contribution in [0.15, 0.2) is 72.1 Å². The monoisotopic (exact) mass is 450 g/mol. The Labute approximate surface area is 189 Å². The van der Waals surface area contributed by atoms with E-state index in [4.69, 9.17) is 9.72 Å². The fourth-order valence-corrected chi connectivity index (χ4v) is 4.47.